The van der Waals surface area contributed by atoms with Crippen molar-refractivity contribution in [2.75, 3.05) is 11.9 Å². The van der Waals surface area contributed by atoms with Crippen LogP contribution in [0.3, 0.4) is 0 Å². The smallest absolute Gasteiger partial charge is 0.341 e. The molecule has 0 aliphatic heterocycles. The second-order valence-electron chi connectivity index (χ2n) is 5.46. The first kappa shape index (κ1) is 17.4. The number of urea groups is 1. The summed E-state index contributed by atoms with van der Waals surface area (Å²) in [6.45, 7) is 2.25. The molecule has 0 aliphatic carbocycles. The molecule has 0 radical (unpaired) electrons. The lowest BCUT2D eigenvalue weighted by Crippen LogP contribution is -2.28. The molecule has 3 rings (SSSR count). The molecular weight excluding hydrogens is 339 g/mol. The van der Waals surface area contributed by atoms with Gasteiger partial charge in [0.05, 0.1) is 18.3 Å². The Kier molecular flexibility index (Phi) is 5.12. The first-order chi connectivity index (χ1) is 12.6. The molecule has 0 fully saturated rings. The molecule has 0 spiro atoms. The Morgan fingerprint density at radius 3 is 2.73 bits per heavy atom. The van der Waals surface area contributed by atoms with Crippen LogP contribution < -0.4 is 10.6 Å². The molecule has 2 heterocycles. The van der Waals surface area contributed by atoms with Gasteiger partial charge in [-0.2, -0.15) is 5.10 Å². The van der Waals surface area contributed by atoms with Crippen LogP contribution in [-0.2, 0) is 11.3 Å². The van der Waals surface area contributed by atoms with Crippen molar-refractivity contribution in [3.8, 4) is 0 Å². The Balaban J connectivity index is 1.67. The molecular formula is C18H17FN4O3. The topological polar surface area (TPSA) is 84.7 Å². The fourth-order valence-electron chi connectivity index (χ4n) is 2.38. The Morgan fingerprint density at radius 1 is 1.23 bits per heavy atom. The number of carbonyl (C=O) groups is 2. The minimum absolute atomic E-state index is 0.259. The highest BCUT2D eigenvalue weighted by molar-refractivity contribution is 5.98. The Labute approximate surface area is 148 Å². The van der Waals surface area contributed by atoms with Crippen LogP contribution in [0, 0.1) is 5.82 Å². The van der Waals surface area contributed by atoms with Crippen molar-refractivity contribution in [2.45, 2.75) is 13.5 Å². The summed E-state index contributed by atoms with van der Waals surface area (Å²) in [6, 6.07) is 8.73. The average Bonchev–Trinajstić information content (AvgIpc) is 3.05. The van der Waals surface area contributed by atoms with Crippen LogP contribution in [0.2, 0.25) is 0 Å². The van der Waals surface area contributed by atoms with Crippen molar-refractivity contribution in [2.24, 2.45) is 0 Å². The first-order valence-electron chi connectivity index (χ1n) is 8.00. The van der Waals surface area contributed by atoms with Gasteiger partial charge < -0.3 is 15.4 Å². The van der Waals surface area contributed by atoms with Crippen LogP contribution in [-0.4, -0.2) is 28.2 Å². The third kappa shape index (κ3) is 3.97. The molecule has 1 aromatic carbocycles. The van der Waals surface area contributed by atoms with E-state index >= 15 is 0 Å². The summed E-state index contributed by atoms with van der Waals surface area (Å²) in [7, 11) is 0. The molecule has 0 aliphatic rings. The number of benzene rings is 1. The van der Waals surface area contributed by atoms with Gasteiger partial charge in [0.15, 0.2) is 0 Å². The van der Waals surface area contributed by atoms with Gasteiger partial charge in [0.1, 0.15) is 11.4 Å². The number of anilines is 1. The standard InChI is InChI=1S/C18H17FN4O3/c1-2-26-17(24)15-11-21-23-8-7-14(9-16(15)23)22-18(25)20-10-12-3-5-13(19)6-4-12/h3-9,11H,2,10H2,1H3,(H2,20,22,25). The lowest BCUT2D eigenvalue weighted by atomic mass is 10.2. The molecule has 0 saturated carbocycles. The Morgan fingerprint density at radius 2 is 2.00 bits per heavy atom. The number of carbonyl (C=O) groups excluding carboxylic acids is 2. The second kappa shape index (κ2) is 7.64. The van der Waals surface area contributed by atoms with E-state index in [2.05, 4.69) is 15.7 Å². The van der Waals surface area contributed by atoms with E-state index in [0.29, 0.717) is 16.8 Å². The fraction of sp³-hybridized carbons (Fsp3) is 0.167. The summed E-state index contributed by atoms with van der Waals surface area (Å²) in [6.07, 6.45) is 3.05. The van der Waals surface area contributed by atoms with Crippen molar-refractivity contribution < 1.29 is 18.7 Å². The van der Waals surface area contributed by atoms with Gasteiger partial charge in [0, 0.05) is 18.4 Å². The van der Waals surface area contributed by atoms with Gasteiger partial charge in [0.25, 0.3) is 0 Å². The van der Waals surface area contributed by atoms with Crippen LogP contribution in [0.4, 0.5) is 14.9 Å². The third-order valence-electron chi connectivity index (χ3n) is 3.64. The normalized spacial score (nSPS) is 10.5. The number of nitrogens with zero attached hydrogens (tertiary/aromatic N) is 2. The first-order valence-corrected chi connectivity index (χ1v) is 8.00. The highest BCUT2D eigenvalue weighted by atomic mass is 19.1. The van der Waals surface area contributed by atoms with Crippen LogP contribution in [0.25, 0.3) is 5.52 Å². The fourth-order valence-corrected chi connectivity index (χ4v) is 2.38. The van der Waals surface area contributed by atoms with Gasteiger partial charge in [-0.3, -0.25) is 0 Å². The van der Waals surface area contributed by atoms with Crippen molar-refractivity contribution in [3.63, 3.8) is 0 Å². The number of hydrogen-bond donors (Lipinski definition) is 2. The number of rotatable bonds is 5. The van der Waals surface area contributed by atoms with Gasteiger partial charge in [-0.25, -0.2) is 18.5 Å². The van der Waals surface area contributed by atoms with Crippen molar-refractivity contribution in [1.82, 2.24) is 14.9 Å². The number of pyridine rings is 1. The van der Waals surface area contributed by atoms with E-state index in [1.165, 1.54) is 22.8 Å². The number of hydrogen-bond acceptors (Lipinski definition) is 4. The molecule has 2 aromatic heterocycles. The zero-order chi connectivity index (χ0) is 18.5. The van der Waals surface area contributed by atoms with Gasteiger partial charge in [-0.15, -0.1) is 0 Å². The largest absolute Gasteiger partial charge is 0.462 e. The summed E-state index contributed by atoms with van der Waals surface area (Å²) in [5, 5.41) is 9.45. The number of aromatic nitrogens is 2. The van der Waals surface area contributed by atoms with Gasteiger partial charge in [-0.1, -0.05) is 12.1 Å². The zero-order valence-electron chi connectivity index (χ0n) is 14.0. The predicted molar refractivity (Wildman–Crippen MR) is 93.4 cm³/mol. The van der Waals surface area contributed by atoms with Crippen molar-refractivity contribution >= 4 is 23.2 Å². The minimum Gasteiger partial charge on any atom is -0.462 e. The Bertz CT molecular complexity index is 937. The third-order valence-corrected chi connectivity index (χ3v) is 3.64. The molecule has 2 amide bonds. The molecule has 0 saturated heterocycles. The zero-order valence-corrected chi connectivity index (χ0v) is 14.0. The summed E-state index contributed by atoms with van der Waals surface area (Å²) in [5.74, 6) is -0.801. The molecule has 134 valence electrons. The van der Waals surface area contributed by atoms with E-state index in [-0.39, 0.29) is 19.0 Å². The van der Waals surface area contributed by atoms with E-state index in [9.17, 15) is 14.0 Å². The Hall–Kier alpha value is -3.42. The average molecular weight is 356 g/mol. The summed E-state index contributed by atoms with van der Waals surface area (Å²) < 4.78 is 19.4. The number of ether oxygens (including phenoxy) is 1. The van der Waals surface area contributed by atoms with E-state index in [1.807, 2.05) is 0 Å². The number of fused-ring (bicyclic) bond motifs is 1. The second-order valence-corrected chi connectivity index (χ2v) is 5.46. The molecule has 0 unspecified atom stereocenters. The molecule has 7 nitrogen and oxygen atoms in total. The van der Waals surface area contributed by atoms with Crippen LogP contribution in [0.15, 0.2) is 48.8 Å². The van der Waals surface area contributed by atoms with Crippen molar-refractivity contribution in [1.29, 1.82) is 0 Å². The number of halogens is 1. The number of nitrogens with one attached hydrogen (secondary N) is 2. The summed E-state index contributed by atoms with van der Waals surface area (Å²) >= 11 is 0. The predicted octanol–water partition coefficient (Wildman–Crippen LogP) is 2.97. The lowest BCUT2D eigenvalue weighted by molar-refractivity contribution is 0.0528. The van der Waals surface area contributed by atoms with Crippen molar-refractivity contribution in [3.05, 3.63) is 65.7 Å². The van der Waals surface area contributed by atoms with Gasteiger partial charge >= 0.3 is 12.0 Å². The maximum atomic E-state index is 12.9. The maximum Gasteiger partial charge on any atom is 0.341 e. The van der Waals surface area contributed by atoms with Gasteiger partial charge in [0.2, 0.25) is 0 Å². The highest BCUT2D eigenvalue weighted by Gasteiger charge is 2.14. The monoisotopic (exact) mass is 356 g/mol. The highest BCUT2D eigenvalue weighted by Crippen LogP contribution is 2.17. The van der Waals surface area contributed by atoms with Crippen LogP contribution in [0.1, 0.15) is 22.8 Å². The van der Waals surface area contributed by atoms with E-state index in [0.717, 1.165) is 5.56 Å². The minimum atomic E-state index is -0.472. The SMILES string of the molecule is CCOC(=O)c1cnn2ccc(NC(=O)NCc3ccc(F)cc3)cc12. The molecule has 3 aromatic rings. The molecule has 8 heteroatoms. The van der Waals surface area contributed by atoms with Gasteiger partial charge in [-0.05, 0) is 36.8 Å². The maximum absolute atomic E-state index is 12.9. The molecule has 26 heavy (non-hydrogen) atoms. The lowest BCUT2D eigenvalue weighted by Gasteiger charge is -2.08. The van der Waals surface area contributed by atoms with Crippen LogP contribution >= 0.6 is 0 Å². The van der Waals surface area contributed by atoms with E-state index in [4.69, 9.17) is 4.74 Å². The number of esters is 1. The molecule has 2 N–H and O–H groups in total. The summed E-state index contributed by atoms with van der Waals surface area (Å²) in [5.41, 5.74) is 2.12. The molecule has 0 atom stereocenters. The summed E-state index contributed by atoms with van der Waals surface area (Å²) in [4.78, 5) is 24.0. The van der Waals surface area contributed by atoms with Crippen LogP contribution in [0.5, 0.6) is 0 Å². The molecule has 0 bridgehead atoms. The van der Waals surface area contributed by atoms with E-state index < -0.39 is 12.0 Å². The number of amides is 2. The van der Waals surface area contributed by atoms with E-state index in [1.54, 1.807) is 37.4 Å². The quantitative estimate of drug-likeness (QED) is 0.689.